The number of rotatable bonds is 10. The van der Waals surface area contributed by atoms with Gasteiger partial charge in [-0.15, -0.1) is 0 Å². The van der Waals surface area contributed by atoms with Crippen molar-refractivity contribution in [1.82, 2.24) is 0 Å². The number of nitrogens with two attached hydrogens (primary N) is 1. The molecule has 2 aromatic carbocycles. The van der Waals surface area contributed by atoms with Crippen LogP contribution >= 0.6 is 0 Å². The van der Waals surface area contributed by atoms with Crippen molar-refractivity contribution in [1.29, 1.82) is 0 Å². The molecule has 0 heterocycles. The van der Waals surface area contributed by atoms with Gasteiger partial charge in [-0.25, -0.2) is 0 Å². The van der Waals surface area contributed by atoms with Crippen LogP contribution in [-0.4, -0.2) is 37.6 Å². The van der Waals surface area contributed by atoms with Crippen molar-refractivity contribution in [3.8, 4) is 11.5 Å². The maximum atomic E-state index is 9.04. The van der Waals surface area contributed by atoms with Crippen LogP contribution in [0.3, 0.4) is 0 Å². The number of aliphatic hydroxyl groups is 1. The normalized spacial score (nSPS) is 13.3. The molecular formula is C19H25NO4. The second-order valence-corrected chi connectivity index (χ2v) is 5.20. The predicted octanol–water partition coefficient (Wildman–Crippen LogP) is 2.54. The summed E-state index contributed by atoms with van der Waals surface area (Å²) in [5.74, 6) is 1.32. The molecule has 0 aliphatic carbocycles. The summed E-state index contributed by atoms with van der Waals surface area (Å²) in [7, 11) is 0. The highest BCUT2D eigenvalue weighted by Crippen LogP contribution is 2.33. The zero-order chi connectivity index (χ0) is 17.2. The molecule has 0 fully saturated rings. The molecule has 5 heteroatoms. The largest absolute Gasteiger partial charge is 0.490 e. The molecule has 0 aliphatic heterocycles. The van der Waals surface area contributed by atoms with Crippen LogP contribution in [0.25, 0.3) is 0 Å². The van der Waals surface area contributed by atoms with Crippen LogP contribution in [0.2, 0.25) is 0 Å². The zero-order valence-corrected chi connectivity index (χ0v) is 13.9. The highest BCUT2D eigenvalue weighted by atomic mass is 16.6. The summed E-state index contributed by atoms with van der Waals surface area (Å²) in [6, 6.07) is 17.3. The van der Waals surface area contributed by atoms with Crippen LogP contribution in [0, 0.1) is 0 Å². The van der Waals surface area contributed by atoms with Gasteiger partial charge in [0.2, 0.25) is 0 Å². The fourth-order valence-electron chi connectivity index (χ4n) is 2.44. The molecule has 2 unspecified atom stereocenters. The molecule has 0 aromatic heterocycles. The lowest BCUT2D eigenvalue weighted by atomic mass is 10.0. The lowest BCUT2D eigenvalue weighted by molar-refractivity contribution is -0.0340. The van der Waals surface area contributed by atoms with Gasteiger partial charge in [-0.05, 0) is 24.6 Å². The number of hydrogen-bond donors (Lipinski definition) is 2. The second kappa shape index (κ2) is 9.93. The minimum Gasteiger partial charge on any atom is -0.490 e. The summed E-state index contributed by atoms with van der Waals surface area (Å²) in [6.45, 7) is 2.90. The number of aliphatic hydroxyl groups excluding tert-OH is 1. The van der Waals surface area contributed by atoms with Crippen molar-refractivity contribution in [2.45, 2.75) is 19.1 Å². The summed E-state index contributed by atoms with van der Waals surface area (Å²) in [6.07, 6.45) is -0.779. The molecule has 2 atom stereocenters. The lowest BCUT2D eigenvalue weighted by Crippen LogP contribution is -2.34. The lowest BCUT2D eigenvalue weighted by Gasteiger charge is -2.28. The van der Waals surface area contributed by atoms with Crippen molar-refractivity contribution in [3.63, 3.8) is 0 Å². The van der Waals surface area contributed by atoms with Crippen molar-refractivity contribution < 1.29 is 19.3 Å². The van der Waals surface area contributed by atoms with Crippen molar-refractivity contribution in [2.75, 3.05) is 26.4 Å². The number of ether oxygens (including phenoxy) is 3. The molecular weight excluding hydrogens is 306 g/mol. The smallest absolute Gasteiger partial charge is 0.162 e. The van der Waals surface area contributed by atoms with Gasteiger partial charge in [-0.3, -0.25) is 0 Å². The average Bonchev–Trinajstić information content (AvgIpc) is 2.63. The Morgan fingerprint density at radius 3 is 2.29 bits per heavy atom. The second-order valence-electron chi connectivity index (χ2n) is 5.20. The molecule has 3 N–H and O–H groups in total. The Labute approximate surface area is 143 Å². The third-order valence-electron chi connectivity index (χ3n) is 3.52. The summed E-state index contributed by atoms with van der Waals surface area (Å²) in [5, 5.41) is 9.04. The predicted molar refractivity (Wildman–Crippen MR) is 93.3 cm³/mol. The van der Waals surface area contributed by atoms with E-state index >= 15 is 0 Å². The van der Waals surface area contributed by atoms with Crippen molar-refractivity contribution in [3.05, 3.63) is 60.2 Å². The van der Waals surface area contributed by atoms with Gasteiger partial charge < -0.3 is 25.1 Å². The first-order valence-electron chi connectivity index (χ1n) is 8.16. The first-order chi connectivity index (χ1) is 11.8. The summed E-state index contributed by atoms with van der Waals surface area (Å²) in [5.41, 5.74) is 6.84. The molecule has 0 radical (unpaired) electrons. The standard InChI is InChI=1S/C19H25NO4/c1-2-22-16-10-6-7-11-17(16)24-19(15-8-4-3-5-9-15)18(14-20)23-13-12-21/h3-11,18-19,21H,2,12-14,20H2,1H3. The van der Waals surface area contributed by atoms with Crippen LogP contribution in [-0.2, 0) is 4.74 Å². The third kappa shape index (κ3) is 4.96. The van der Waals surface area contributed by atoms with E-state index in [1.54, 1.807) is 0 Å². The molecule has 0 bridgehead atoms. The Kier molecular flexibility index (Phi) is 7.55. The van der Waals surface area contributed by atoms with Gasteiger partial charge in [-0.2, -0.15) is 0 Å². The van der Waals surface area contributed by atoms with Gasteiger partial charge >= 0.3 is 0 Å². The maximum absolute atomic E-state index is 9.04. The minimum atomic E-state index is -0.399. The van der Waals surface area contributed by atoms with Gasteiger partial charge in [0, 0.05) is 6.54 Å². The van der Waals surface area contributed by atoms with Crippen LogP contribution in [0.1, 0.15) is 18.6 Å². The van der Waals surface area contributed by atoms with Crippen molar-refractivity contribution >= 4 is 0 Å². The Balaban J connectivity index is 2.29. The quantitative estimate of drug-likeness (QED) is 0.700. The Bertz CT molecular complexity index is 591. The molecule has 24 heavy (non-hydrogen) atoms. The number of para-hydroxylation sites is 2. The molecule has 0 saturated heterocycles. The van der Waals surface area contributed by atoms with E-state index in [2.05, 4.69) is 0 Å². The highest BCUT2D eigenvalue weighted by molar-refractivity contribution is 5.40. The monoisotopic (exact) mass is 331 g/mol. The summed E-state index contributed by atoms with van der Waals surface area (Å²) < 4.78 is 17.5. The van der Waals surface area contributed by atoms with Crippen LogP contribution in [0.5, 0.6) is 11.5 Å². The Morgan fingerprint density at radius 1 is 1.00 bits per heavy atom. The third-order valence-corrected chi connectivity index (χ3v) is 3.52. The van der Waals surface area contributed by atoms with Gasteiger partial charge in [0.1, 0.15) is 6.10 Å². The fourth-order valence-corrected chi connectivity index (χ4v) is 2.44. The maximum Gasteiger partial charge on any atom is 0.162 e. The van der Waals surface area contributed by atoms with Crippen LogP contribution in [0.4, 0.5) is 0 Å². The van der Waals surface area contributed by atoms with E-state index < -0.39 is 6.10 Å². The molecule has 0 aliphatic rings. The van der Waals surface area contributed by atoms with Crippen LogP contribution in [0.15, 0.2) is 54.6 Å². The number of hydrogen-bond acceptors (Lipinski definition) is 5. The first kappa shape index (κ1) is 18.3. The van der Waals surface area contributed by atoms with Crippen molar-refractivity contribution in [2.24, 2.45) is 5.73 Å². The summed E-state index contributed by atoms with van der Waals surface area (Å²) >= 11 is 0. The molecule has 2 aromatic rings. The van der Waals surface area contributed by atoms with Crippen LogP contribution < -0.4 is 15.2 Å². The first-order valence-corrected chi connectivity index (χ1v) is 8.16. The molecule has 0 saturated carbocycles. The summed E-state index contributed by atoms with van der Waals surface area (Å²) in [4.78, 5) is 0. The van der Waals surface area contributed by atoms with E-state index in [1.807, 2.05) is 61.5 Å². The van der Waals surface area contributed by atoms with E-state index in [-0.39, 0.29) is 25.9 Å². The van der Waals surface area contributed by atoms with E-state index in [1.165, 1.54) is 0 Å². The molecule has 2 rings (SSSR count). The van der Waals surface area contributed by atoms with Gasteiger partial charge in [0.25, 0.3) is 0 Å². The molecule has 0 amide bonds. The Morgan fingerprint density at radius 2 is 1.67 bits per heavy atom. The zero-order valence-electron chi connectivity index (χ0n) is 13.9. The Hall–Kier alpha value is -2.08. The molecule has 5 nitrogen and oxygen atoms in total. The van der Waals surface area contributed by atoms with E-state index in [0.717, 1.165) is 5.56 Å². The molecule has 130 valence electrons. The number of benzene rings is 2. The topological polar surface area (TPSA) is 73.9 Å². The SMILES string of the molecule is CCOc1ccccc1OC(c1ccccc1)C(CN)OCCO. The van der Waals surface area contributed by atoms with Gasteiger partial charge in [-0.1, -0.05) is 42.5 Å². The van der Waals surface area contributed by atoms with E-state index in [4.69, 9.17) is 25.1 Å². The highest BCUT2D eigenvalue weighted by Gasteiger charge is 2.26. The van der Waals surface area contributed by atoms with Gasteiger partial charge in [0.05, 0.1) is 19.8 Å². The minimum absolute atomic E-state index is 0.0620. The van der Waals surface area contributed by atoms with E-state index in [0.29, 0.717) is 18.1 Å². The average molecular weight is 331 g/mol. The fraction of sp³-hybridized carbons (Fsp3) is 0.368. The van der Waals surface area contributed by atoms with Gasteiger partial charge in [0.15, 0.2) is 17.6 Å². The molecule has 0 spiro atoms. The van der Waals surface area contributed by atoms with E-state index in [9.17, 15) is 0 Å².